The average Bonchev–Trinajstić information content (AvgIpc) is 2.28. The van der Waals surface area contributed by atoms with E-state index in [2.05, 4.69) is 19.2 Å². The summed E-state index contributed by atoms with van der Waals surface area (Å²) in [6, 6.07) is 7.70. The van der Waals surface area contributed by atoms with Gasteiger partial charge in [-0.25, -0.2) is 0 Å². The lowest BCUT2D eigenvalue weighted by molar-refractivity contribution is -0.120. The lowest BCUT2D eigenvalue weighted by atomic mass is 10.1. The number of hydrogen-bond donors (Lipinski definition) is 1. The third-order valence-electron chi connectivity index (χ3n) is 2.25. The standard InChI is InChI=1S/C14H21NO2/c1-4-15-14(16)9-12-5-7-13(8-6-12)17-10-11(2)3/h5-8,11H,4,9-10H2,1-3H3,(H,15,16). The molecular formula is C14H21NO2. The predicted octanol–water partition coefficient (Wildman–Crippen LogP) is 2.40. The minimum atomic E-state index is 0.0587. The van der Waals surface area contributed by atoms with Crippen molar-refractivity contribution in [1.82, 2.24) is 5.32 Å². The molecule has 0 radical (unpaired) electrons. The monoisotopic (exact) mass is 235 g/mol. The summed E-state index contributed by atoms with van der Waals surface area (Å²) in [5, 5.41) is 2.78. The zero-order chi connectivity index (χ0) is 12.7. The second kappa shape index (κ2) is 6.94. The van der Waals surface area contributed by atoms with E-state index in [0.29, 0.717) is 18.9 Å². The van der Waals surface area contributed by atoms with Gasteiger partial charge < -0.3 is 10.1 Å². The Morgan fingerprint density at radius 3 is 2.47 bits per heavy atom. The summed E-state index contributed by atoms with van der Waals surface area (Å²) in [5.41, 5.74) is 1.01. The highest BCUT2D eigenvalue weighted by atomic mass is 16.5. The molecule has 3 nitrogen and oxygen atoms in total. The van der Waals surface area contributed by atoms with Gasteiger partial charge in [-0.15, -0.1) is 0 Å². The quantitative estimate of drug-likeness (QED) is 0.822. The van der Waals surface area contributed by atoms with Crippen LogP contribution < -0.4 is 10.1 Å². The van der Waals surface area contributed by atoms with Gasteiger partial charge >= 0.3 is 0 Å². The Bertz CT molecular complexity index is 344. The van der Waals surface area contributed by atoms with Crippen LogP contribution in [-0.2, 0) is 11.2 Å². The largest absolute Gasteiger partial charge is 0.493 e. The molecule has 0 saturated heterocycles. The third-order valence-corrected chi connectivity index (χ3v) is 2.25. The fourth-order valence-corrected chi connectivity index (χ4v) is 1.41. The van der Waals surface area contributed by atoms with Crippen molar-refractivity contribution in [3.05, 3.63) is 29.8 Å². The van der Waals surface area contributed by atoms with Crippen LogP contribution in [0.2, 0.25) is 0 Å². The lowest BCUT2D eigenvalue weighted by Crippen LogP contribution is -2.24. The summed E-state index contributed by atoms with van der Waals surface area (Å²) in [5.74, 6) is 1.44. The summed E-state index contributed by atoms with van der Waals surface area (Å²) >= 11 is 0. The van der Waals surface area contributed by atoms with Gasteiger partial charge in [0.1, 0.15) is 5.75 Å². The van der Waals surface area contributed by atoms with Crippen molar-refractivity contribution < 1.29 is 9.53 Å². The van der Waals surface area contributed by atoms with E-state index in [-0.39, 0.29) is 5.91 Å². The highest BCUT2D eigenvalue weighted by molar-refractivity contribution is 5.78. The van der Waals surface area contributed by atoms with Gasteiger partial charge in [-0.1, -0.05) is 26.0 Å². The van der Waals surface area contributed by atoms with E-state index < -0.39 is 0 Å². The van der Waals surface area contributed by atoms with E-state index in [1.807, 2.05) is 31.2 Å². The summed E-state index contributed by atoms with van der Waals surface area (Å²) in [6.45, 7) is 7.54. The maximum Gasteiger partial charge on any atom is 0.224 e. The molecule has 0 heterocycles. The highest BCUT2D eigenvalue weighted by Gasteiger charge is 2.02. The molecule has 0 saturated carbocycles. The molecule has 94 valence electrons. The Balaban J connectivity index is 2.47. The third kappa shape index (κ3) is 5.38. The minimum absolute atomic E-state index is 0.0587. The molecule has 0 fully saturated rings. The molecular weight excluding hydrogens is 214 g/mol. The van der Waals surface area contributed by atoms with E-state index in [4.69, 9.17) is 4.74 Å². The van der Waals surface area contributed by atoms with Crippen molar-refractivity contribution in [3.8, 4) is 5.75 Å². The van der Waals surface area contributed by atoms with Crippen molar-refractivity contribution in [2.75, 3.05) is 13.2 Å². The molecule has 1 amide bonds. The Morgan fingerprint density at radius 2 is 1.94 bits per heavy atom. The Hall–Kier alpha value is -1.51. The van der Waals surface area contributed by atoms with Crippen LogP contribution in [0.1, 0.15) is 26.3 Å². The molecule has 17 heavy (non-hydrogen) atoms. The summed E-state index contributed by atoms with van der Waals surface area (Å²) in [6.07, 6.45) is 0.429. The number of ether oxygens (including phenoxy) is 1. The molecule has 0 atom stereocenters. The zero-order valence-electron chi connectivity index (χ0n) is 10.8. The first-order valence-corrected chi connectivity index (χ1v) is 6.10. The van der Waals surface area contributed by atoms with E-state index in [0.717, 1.165) is 17.9 Å². The van der Waals surface area contributed by atoms with Gasteiger partial charge in [0.15, 0.2) is 0 Å². The van der Waals surface area contributed by atoms with Gasteiger partial charge in [0.2, 0.25) is 5.91 Å². The molecule has 0 bridgehead atoms. The van der Waals surface area contributed by atoms with E-state index in [9.17, 15) is 4.79 Å². The van der Waals surface area contributed by atoms with Gasteiger partial charge in [0, 0.05) is 6.54 Å². The van der Waals surface area contributed by atoms with Crippen LogP contribution in [0, 0.1) is 5.92 Å². The van der Waals surface area contributed by atoms with E-state index in [1.165, 1.54) is 0 Å². The van der Waals surface area contributed by atoms with Crippen LogP contribution in [0.15, 0.2) is 24.3 Å². The number of benzene rings is 1. The maximum atomic E-state index is 11.4. The van der Waals surface area contributed by atoms with Gasteiger partial charge in [-0.2, -0.15) is 0 Å². The Labute approximate surface area is 103 Å². The summed E-state index contributed by atoms with van der Waals surface area (Å²) in [7, 11) is 0. The molecule has 0 spiro atoms. The van der Waals surface area contributed by atoms with Gasteiger partial charge in [-0.05, 0) is 30.5 Å². The fraction of sp³-hybridized carbons (Fsp3) is 0.500. The van der Waals surface area contributed by atoms with Crippen LogP contribution in [0.25, 0.3) is 0 Å². The molecule has 0 unspecified atom stereocenters. The lowest BCUT2D eigenvalue weighted by Gasteiger charge is -2.09. The van der Waals surface area contributed by atoms with Crippen LogP contribution >= 0.6 is 0 Å². The molecule has 1 aromatic rings. The molecule has 0 aliphatic heterocycles. The van der Waals surface area contributed by atoms with Crippen LogP contribution in [0.5, 0.6) is 5.75 Å². The number of amides is 1. The SMILES string of the molecule is CCNC(=O)Cc1ccc(OCC(C)C)cc1. The number of hydrogen-bond acceptors (Lipinski definition) is 2. The number of carbonyl (C=O) groups excluding carboxylic acids is 1. The molecule has 1 N–H and O–H groups in total. The number of nitrogens with one attached hydrogen (secondary N) is 1. The van der Waals surface area contributed by atoms with Crippen molar-refractivity contribution in [2.24, 2.45) is 5.92 Å². The molecule has 1 rings (SSSR count). The van der Waals surface area contributed by atoms with Crippen LogP contribution in [-0.4, -0.2) is 19.1 Å². The van der Waals surface area contributed by atoms with Crippen LogP contribution in [0.3, 0.4) is 0 Å². The second-order valence-corrected chi connectivity index (χ2v) is 4.48. The van der Waals surface area contributed by atoms with Crippen molar-refractivity contribution >= 4 is 5.91 Å². The Morgan fingerprint density at radius 1 is 1.29 bits per heavy atom. The van der Waals surface area contributed by atoms with Gasteiger partial charge in [0.05, 0.1) is 13.0 Å². The van der Waals surface area contributed by atoms with Gasteiger partial charge in [0.25, 0.3) is 0 Å². The minimum Gasteiger partial charge on any atom is -0.493 e. The number of rotatable bonds is 6. The molecule has 0 aliphatic carbocycles. The van der Waals surface area contributed by atoms with Crippen LogP contribution in [0.4, 0.5) is 0 Å². The first-order chi connectivity index (χ1) is 8.11. The van der Waals surface area contributed by atoms with E-state index >= 15 is 0 Å². The average molecular weight is 235 g/mol. The first kappa shape index (κ1) is 13.6. The van der Waals surface area contributed by atoms with Crippen molar-refractivity contribution in [3.63, 3.8) is 0 Å². The highest BCUT2D eigenvalue weighted by Crippen LogP contribution is 2.13. The molecule has 0 aromatic heterocycles. The summed E-state index contributed by atoms with van der Waals surface area (Å²) in [4.78, 5) is 11.4. The van der Waals surface area contributed by atoms with E-state index in [1.54, 1.807) is 0 Å². The fourth-order valence-electron chi connectivity index (χ4n) is 1.41. The second-order valence-electron chi connectivity index (χ2n) is 4.48. The molecule has 1 aromatic carbocycles. The van der Waals surface area contributed by atoms with Crippen molar-refractivity contribution in [2.45, 2.75) is 27.2 Å². The zero-order valence-corrected chi connectivity index (χ0v) is 10.8. The smallest absolute Gasteiger partial charge is 0.224 e. The van der Waals surface area contributed by atoms with Gasteiger partial charge in [-0.3, -0.25) is 4.79 Å². The molecule has 3 heteroatoms. The normalized spacial score (nSPS) is 10.4. The topological polar surface area (TPSA) is 38.3 Å². The van der Waals surface area contributed by atoms with Crippen molar-refractivity contribution in [1.29, 1.82) is 0 Å². The summed E-state index contributed by atoms with van der Waals surface area (Å²) < 4.78 is 5.57. The molecule has 0 aliphatic rings. The predicted molar refractivity (Wildman–Crippen MR) is 69.2 cm³/mol. The maximum absolute atomic E-state index is 11.4. The Kier molecular flexibility index (Phi) is 5.53. The number of likely N-dealkylation sites (N-methyl/N-ethyl adjacent to an activating group) is 1. The number of carbonyl (C=O) groups is 1. The first-order valence-electron chi connectivity index (χ1n) is 6.10.